The van der Waals surface area contributed by atoms with Gasteiger partial charge in [0.15, 0.2) is 0 Å². The van der Waals surface area contributed by atoms with Gasteiger partial charge in [0.05, 0.1) is 16.3 Å². The number of benzene rings is 2. The summed E-state index contributed by atoms with van der Waals surface area (Å²) >= 11 is 1.58. The van der Waals surface area contributed by atoms with Crippen LogP contribution in [-0.4, -0.2) is 20.2 Å². The molecule has 4 rings (SSSR count). The molecule has 0 aliphatic rings. The van der Waals surface area contributed by atoms with Crippen LogP contribution < -0.4 is 5.32 Å². The maximum atomic E-state index is 13.9. The number of nitro benzene ring substituents is 1. The number of nitrogens with zero attached hydrogens (tertiary/aromatic N) is 3. The van der Waals surface area contributed by atoms with Crippen molar-refractivity contribution in [2.75, 3.05) is 5.32 Å². The highest BCUT2D eigenvalue weighted by Crippen LogP contribution is 2.25. The van der Waals surface area contributed by atoms with Gasteiger partial charge in [0.2, 0.25) is 0 Å². The zero-order chi connectivity index (χ0) is 21.1. The summed E-state index contributed by atoms with van der Waals surface area (Å²) in [5.41, 5.74) is 1.60. The molecule has 0 saturated carbocycles. The molecule has 0 saturated heterocycles. The van der Waals surface area contributed by atoms with Crippen LogP contribution in [0.1, 0.15) is 16.1 Å². The molecule has 0 aliphatic carbocycles. The Morgan fingerprint density at radius 1 is 1.17 bits per heavy atom. The molecular weight excluding hydrogens is 407 g/mol. The van der Waals surface area contributed by atoms with Crippen molar-refractivity contribution in [2.24, 2.45) is 0 Å². The van der Waals surface area contributed by atoms with E-state index in [1.54, 1.807) is 36.0 Å². The predicted octanol–water partition coefficient (Wildman–Crippen LogP) is 4.93. The number of hydrogen-bond donors (Lipinski definition) is 1. The minimum absolute atomic E-state index is 0.237. The highest BCUT2D eigenvalue weighted by atomic mass is 32.2. The van der Waals surface area contributed by atoms with Crippen molar-refractivity contribution >= 4 is 34.7 Å². The largest absolute Gasteiger partial charge is 0.319 e. The highest BCUT2D eigenvalue weighted by Gasteiger charge is 2.14. The maximum Gasteiger partial charge on any atom is 0.271 e. The van der Waals surface area contributed by atoms with Gasteiger partial charge < -0.3 is 9.72 Å². The summed E-state index contributed by atoms with van der Waals surface area (Å²) < 4.78 is 15.8. The molecule has 0 spiro atoms. The molecular formula is C21H15FN4O3S. The molecule has 0 atom stereocenters. The van der Waals surface area contributed by atoms with Gasteiger partial charge in [-0.05, 0) is 42.5 Å². The van der Waals surface area contributed by atoms with Crippen molar-refractivity contribution in [1.82, 2.24) is 9.38 Å². The lowest BCUT2D eigenvalue weighted by atomic mass is 10.2. The van der Waals surface area contributed by atoms with Crippen molar-refractivity contribution in [3.63, 3.8) is 0 Å². The lowest BCUT2D eigenvalue weighted by molar-refractivity contribution is -0.384. The Balaban J connectivity index is 1.41. The molecule has 7 nitrogen and oxygen atoms in total. The third kappa shape index (κ3) is 4.31. The number of hydrogen-bond acceptors (Lipinski definition) is 5. The van der Waals surface area contributed by atoms with E-state index in [9.17, 15) is 19.3 Å². The van der Waals surface area contributed by atoms with Crippen LogP contribution in [0.4, 0.5) is 15.8 Å². The number of rotatable bonds is 6. The van der Waals surface area contributed by atoms with Gasteiger partial charge in [-0.25, -0.2) is 9.37 Å². The lowest BCUT2D eigenvalue weighted by Crippen LogP contribution is -2.13. The number of fused-ring (bicyclic) bond motifs is 1. The molecule has 0 bridgehead atoms. The first-order valence-electron chi connectivity index (χ1n) is 8.90. The number of nitrogens with one attached hydrogen (secondary N) is 1. The molecule has 4 aromatic rings. The van der Waals surface area contributed by atoms with E-state index in [2.05, 4.69) is 10.3 Å². The monoisotopic (exact) mass is 422 g/mol. The van der Waals surface area contributed by atoms with E-state index in [0.29, 0.717) is 11.3 Å². The summed E-state index contributed by atoms with van der Waals surface area (Å²) in [4.78, 5) is 28.0. The first-order chi connectivity index (χ1) is 14.5. The molecule has 1 amide bonds. The second kappa shape index (κ2) is 8.34. The zero-order valence-electron chi connectivity index (χ0n) is 15.5. The number of nitro groups is 1. The van der Waals surface area contributed by atoms with Crippen LogP contribution in [0.5, 0.6) is 0 Å². The van der Waals surface area contributed by atoms with Crippen molar-refractivity contribution in [3.05, 3.63) is 100 Å². The molecule has 0 unspecified atom stereocenters. The zero-order valence-corrected chi connectivity index (χ0v) is 16.3. The quantitative estimate of drug-likeness (QED) is 0.270. The van der Waals surface area contributed by atoms with Gasteiger partial charge >= 0.3 is 0 Å². The molecule has 1 N–H and O–H groups in total. The number of imidazole rings is 1. The Labute approximate surface area is 174 Å². The van der Waals surface area contributed by atoms with Crippen molar-refractivity contribution in [2.45, 2.75) is 10.6 Å². The van der Waals surface area contributed by atoms with Gasteiger partial charge in [-0.2, -0.15) is 0 Å². The molecule has 0 aliphatic heterocycles. The maximum absolute atomic E-state index is 13.9. The molecule has 2 aromatic heterocycles. The number of carbonyl (C=O) groups excluding carboxylic acids is 1. The summed E-state index contributed by atoms with van der Waals surface area (Å²) in [6, 6.07) is 15.6. The second-order valence-electron chi connectivity index (χ2n) is 6.39. The Kier molecular flexibility index (Phi) is 5.44. The topological polar surface area (TPSA) is 89.5 Å². The second-order valence-corrected chi connectivity index (χ2v) is 7.44. The van der Waals surface area contributed by atoms with Crippen LogP contribution in [0, 0.1) is 15.9 Å². The Bertz CT molecular complexity index is 1210. The molecule has 0 fully saturated rings. The van der Waals surface area contributed by atoms with Crippen LogP contribution in [-0.2, 0) is 5.75 Å². The van der Waals surface area contributed by atoms with Crippen molar-refractivity contribution in [1.29, 1.82) is 0 Å². The summed E-state index contributed by atoms with van der Waals surface area (Å²) in [6.45, 7) is 0. The number of anilines is 1. The molecule has 2 aromatic carbocycles. The minimum Gasteiger partial charge on any atom is -0.319 e. The fourth-order valence-corrected chi connectivity index (χ4v) is 3.62. The van der Waals surface area contributed by atoms with Crippen molar-refractivity contribution < 1.29 is 14.1 Å². The summed E-state index contributed by atoms with van der Waals surface area (Å²) in [5, 5.41) is 13.2. The van der Waals surface area contributed by atoms with Gasteiger partial charge in [0.1, 0.15) is 11.5 Å². The number of non-ortho nitro benzene ring substituents is 1. The SMILES string of the molecule is O=C(Nc1cc([N+](=O)[O-])ccc1F)c1ccc(SCc2cn3ccccc3n2)cc1. The predicted molar refractivity (Wildman–Crippen MR) is 112 cm³/mol. The molecule has 2 heterocycles. The fraction of sp³-hybridized carbons (Fsp3) is 0.0476. The third-order valence-electron chi connectivity index (χ3n) is 4.33. The molecule has 0 radical (unpaired) electrons. The van der Waals surface area contributed by atoms with Crippen LogP contribution in [0.3, 0.4) is 0 Å². The van der Waals surface area contributed by atoms with Gasteiger partial charge in [-0.1, -0.05) is 6.07 Å². The summed E-state index contributed by atoms with van der Waals surface area (Å²) in [6.07, 6.45) is 3.91. The number of amides is 1. The van der Waals surface area contributed by atoms with Crippen molar-refractivity contribution in [3.8, 4) is 0 Å². The van der Waals surface area contributed by atoms with Crippen LogP contribution in [0.25, 0.3) is 5.65 Å². The Morgan fingerprint density at radius 3 is 2.70 bits per heavy atom. The fourth-order valence-electron chi connectivity index (χ4n) is 2.83. The number of carbonyl (C=O) groups is 1. The standard InChI is InChI=1S/C21H15FN4O3S/c22-18-9-6-16(26(28)29)11-19(18)24-21(27)14-4-7-17(8-5-14)30-13-15-12-25-10-2-1-3-20(25)23-15/h1-12H,13H2,(H,24,27). The number of thioether (sulfide) groups is 1. The average Bonchev–Trinajstić information content (AvgIpc) is 3.17. The number of pyridine rings is 1. The Hall–Kier alpha value is -3.72. The smallest absolute Gasteiger partial charge is 0.271 e. The van der Waals surface area contributed by atoms with E-state index >= 15 is 0 Å². The Morgan fingerprint density at radius 2 is 1.97 bits per heavy atom. The molecule has 9 heteroatoms. The van der Waals surface area contributed by atoms with E-state index in [1.807, 2.05) is 35.0 Å². The first kappa shape index (κ1) is 19.6. The first-order valence-corrected chi connectivity index (χ1v) is 9.89. The van der Waals surface area contributed by atoms with E-state index in [0.717, 1.165) is 34.4 Å². The van der Waals surface area contributed by atoms with E-state index < -0.39 is 16.6 Å². The van der Waals surface area contributed by atoms with Gasteiger partial charge in [0, 0.05) is 40.7 Å². The summed E-state index contributed by atoms with van der Waals surface area (Å²) in [7, 11) is 0. The van der Waals surface area contributed by atoms with Crippen LogP contribution in [0.2, 0.25) is 0 Å². The lowest BCUT2D eigenvalue weighted by Gasteiger charge is -2.07. The number of aromatic nitrogens is 2. The van der Waals surface area contributed by atoms with Crippen LogP contribution >= 0.6 is 11.8 Å². The van der Waals surface area contributed by atoms with Gasteiger partial charge in [-0.15, -0.1) is 11.8 Å². The van der Waals surface area contributed by atoms with Crippen LogP contribution in [0.15, 0.2) is 78.0 Å². The van der Waals surface area contributed by atoms with E-state index in [-0.39, 0.29) is 11.4 Å². The van der Waals surface area contributed by atoms with Gasteiger partial charge in [-0.3, -0.25) is 14.9 Å². The number of halogens is 1. The highest BCUT2D eigenvalue weighted by molar-refractivity contribution is 7.98. The average molecular weight is 422 g/mol. The third-order valence-corrected chi connectivity index (χ3v) is 5.37. The summed E-state index contributed by atoms with van der Waals surface area (Å²) in [5.74, 6) is -0.619. The normalized spacial score (nSPS) is 10.8. The minimum atomic E-state index is -0.742. The molecule has 150 valence electrons. The van der Waals surface area contributed by atoms with E-state index in [4.69, 9.17) is 0 Å². The van der Waals surface area contributed by atoms with Gasteiger partial charge in [0.25, 0.3) is 11.6 Å². The van der Waals surface area contributed by atoms with E-state index in [1.165, 1.54) is 0 Å². The molecule has 30 heavy (non-hydrogen) atoms.